The molecule has 0 spiro atoms. The van der Waals surface area contributed by atoms with Crippen molar-refractivity contribution in [2.75, 3.05) is 6.61 Å². The molecule has 3 aromatic rings. The Morgan fingerprint density at radius 2 is 2.10 bits per heavy atom. The monoisotopic (exact) mass is 267 g/mol. The van der Waals surface area contributed by atoms with E-state index in [4.69, 9.17) is 4.74 Å². The third-order valence-corrected chi connectivity index (χ3v) is 3.71. The Labute approximate surface area is 114 Å². The van der Waals surface area contributed by atoms with E-state index in [0.29, 0.717) is 24.2 Å². The van der Waals surface area contributed by atoms with E-state index in [0.717, 1.165) is 23.4 Å². The maximum Gasteiger partial charge on any atom is 0.260 e. The average molecular weight is 267 g/mol. The number of aromatic nitrogens is 3. The van der Waals surface area contributed by atoms with Crippen LogP contribution in [0.1, 0.15) is 11.3 Å². The standard InChI is InChI=1S/C15H13N3O2/c19-15-13-11-8-20-7-6-12(11)18(14(13)16-9-17-15)10-4-2-1-3-5-10/h1-5,9H,6-8H2,(H,16,17,19). The van der Waals surface area contributed by atoms with Gasteiger partial charge in [-0.3, -0.25) is 9.36 Å². The van der Waals surface area contributed by atoms with Crippen LogP contribution in [0.5, 0.6) is 0 Å². The SMILES string of the molecule is O=c1[nH]cnc2c1c1c(n2-c2ccccc2)CCOC1. The Morgan fingerprint density at radius 3 is 2.95 bits per heavy atom. The first kappa shape index (κ1) is 11.4. The molecule has 0 amide bonds. The minimum absolute atomic E-state index is 0.105. The van der Waals surface area contributed by atoms with E-state index in [2.05, 4.69) is 14.5 Å². The molecule has 0 aliphatic carbocycles. The lowest BCUT2D eigenvalue weighted by Crippen LogP contribution is -2.13. The maximum absolute atomic E-state index is 12.1. The number of nitrogens with zero attached hydrogens (tertiary/aromatic N) is 2. The largest absolute Gasteiger partial charge is 0.376 e. The van der Waals surface area contributed by atoms with Crippen molar-refractivity contribution in [3.8, 4) is 5.69 Å². The average Bonchev–Trinajstić information content (AvgIpc) is 2.84. The smallest absolute Gasteiger partial charge is 0.260 e. The number of hydrogen-bond acceptors (Lipinski definition) is 3. The number of aromatic amines is 1. The van der Waals surface area contributed by atoms with Gasteiger partial charge in [0.1, 0.15) is 0 Å². The predicted octanol–water partition coefficient (Wildman–Crippen LogP) is 1.79. The van der Waals surface area contributed by atoms with E-state index in [9.17, 15) is 4.79 Å². The van der Waals surface area contributed by atoms with Gasteiger partial charge >= 0.3 is 0 Å². The van der Waals surface area contributed by atoms with Gasteiger partial charge in [-0.2, -0.15) is 0 Å². The van der Waals surface area contributed by atoms with Crippen LogP contribution in [0, 0.1) is 0 Å². The van der Waals surface area contributed by atoms with Gasteiger partial charge in [-0.05, 0) is 12.1 Å². The molecule has 0 unspecified atom stereocenters. The third-order valence-electron chi connectivity index (χ3n) is 3.71. The van der Waals surface area contributed by atoms with Crippen molar-refractivity contribution in [2.45, 2.75) is 13.0 Å². The molecule has 4 rings (SSSR count). The molecule has 3 heterocycles. The molecule has 1 aromatic carbocycles. The van der Waals surface area contributed by atoms with Crippen molar-refractivity contribution in [1.29, 1.82) is 0 Å². The van der Waals surface area contributed by atoms with E-state index in [1.165, 1.54) is 6.33 Å². The highest BCUT2D eigenvalue weighted by Crippen LogP contribution is 2.29. The zero-order valence-electron chi connectivity index (χ0n) is 10.8. The fraction of sp³-hybridized carbons (Fsp3) is 0.200. The number of rotatable bonds is 1. The fourth-order valence-corrected chi connectivity index (χ4v) is 2.86. The molecule has 0 atom stereocenters. The molecule has 2 aromatic heterocycles. The van der Waals surface area contributed by atoms with Gasteiger partial charge in [0.05, 0.1) is 24.9 Å². The summed E-state index contributed by atoms with van der Waals surface area (Å²) in [5.74, 6) is 0. The van der Waals surface area contributed by atoms with E-state index in [1.807, 2.05) is 30.3 Å². The zero-order valence-corrected chi connectivity index (χ0v) is 10.8. The summed E-state index contributed by atoms with van der Waals surface area (Å²) in [4.78, 5) is 19.2. The number of benzene rings is 1. The Balaban J connectivity index is 2.15. The number of para-hydroxylation sites is 1. The second kappa shape index (κ2) is 4.31. The van der Waals surface area contributed by atoms with Crippen molar-refractivity contribution < 1.29 is 4.74 Å². The van der Waals surface area contributed by atoms with Crippen molar-refractivity contribution in [1.82, 2.24) is 14.5 Å². The van der Waals surface area contributed by atoms with Gasteiger partial charge in [-0.15, -0.1) is 0 Å². The van der Waals surface area contributed by atoms with Crippen LogP contribution in [-0.2, 0) is 17.8 Å². The molecule has 5 nitrogen and oxygen atoms in total. The Hall–Kier alpha value is -2.40. The van der Waals surface area contributed by atoms with Gasteiger partial charge in [-0.1, -0.05) is 18.2 Å². The second-order valence-corrected chi connectivity index (χ2v) is 4.83. The van der Waals surface area contributed by atoms with Crippen LogP contribution >= 0.6 is 0 Å². The van der Waals surface area contributed by atoms with Crippen LogP contribution in [-0.4, -0.2) is 21.1 Å². The number of H-pyrrole nitrogens is 1. The molecule has 1 aliphatic rings. The Kier molecular flexibility index (Phi) is 2.47. The Morgan fingerprint density at radius 1 is 1.25 bits per heavy atom. The van der Waals surface area contributed by atoms with Crippen LogP contribution < -0.4 is 5.56 Å². The second-order valence-electron chi connectivity index (χ2n) is 4.83. The van der Waals surface area contributed by atoms with Crippen molar-refractivity contribution in [3.63, 3.8) is 0 Å². The summed E-state index contributed by atoms with van der Waals surface area (Å²) in [5, 5.41) is 0.644. The highest BCUT2D eigenvalue weighted by molar-refractivity contribution is 5.83. The topological polar surface area (TPSA) is 59.9 Å². The van der Waals surface area contributed by atoms with Crippen molar-refractivity contribution >= 4 is 11.0 Å². The van der Waals surface area contributed by atoms with E-state index in [1.54, 1.807) is 0 Å². The van der Waals surface area contributed by atoms with Crippen LogP contribution in [0.25, 0.3) is 16.7 Å². The van der Waals surface area contributed by atoms with Crippen molar-refractivity contribution in [3.05, 3.63) is 58.3 Å². The predicted molar refractivity (Wildman–Crippen MR) is 75.1 cm³/mol. The highest BCUT2D eigenvalue weighted by atomic mass is 16.5. The molecule has 0 bridgehead atoms. The summed E-state index contributed by atoms with van der Waals surface area (Å²) in [5.41, 5.74) is 3.71. The molecule has 20 heavy (non-hydrogen) atoms. The van der Waals surface area contributed by atoms with Crippen molar-refractivity contribution in [2.24, 2.45) is 0 Å². The first-order valence-electron chi connectivity index (χ1n) is 6.59. The van der Waals surface area contributed by atoms with Crippen LogP contribution in [0.3, 0.4) is 0 Å². The number of nitrogens with one attached hydrogen (secondary N) is 1. The quantitative estimate of drug-likeness (QED) is 0.731. The fourth-order valence-electron chi connectivity index (χ4n) is 2.86. The van der Waals surface area contributed by atoms with E-state index in [-0.39, 0.29) is 5.56 Å². The Bertz CT molecular complexity index is 833. The number of fused-ring (bicyclic) bond motifs is 3. The lowest BCUT2D eigenvalue weighted by Gasteiger charge is -2.16. The highest BCUT2D eigenvalue weighted by Gasteiger charge is 2.23. The normalized spacial score (nSPS) is 14.4. The summed E-state index contributed by atoms with van der Waals surface area (Å²) in [6.45, 7) is 1.15. The molecule has 1 N–H and O–H groups in total. The molecular weight excluding hydrogens is 254 g/mol. The molecule has 0 radical (unpaired) electrons. The third kappa shape index (κ3) is 1.53. The van der Waals surface area contributed by atoms with Crippen LogP contribution in [0.4, 0.5) is 0 Å². The lowest BCUT2D eigenvalue weighted by atomic mass is 10.1. The van der Waals surface area contributed by atoms with Gasteiger partial charge in [0, 0.05) is 23.4 Å². The summed E-state index contributed by atoms with van der Waals surface area (Å²) in [6.07, 6.45) is 2.25. The van der Waals surface area contributed by atoms with Gasteiger partial charge in [0.25, 0.3) is 5.56 Å². The van der Waals surface area contributed by atoms with Gasteiger partial charge in [0.15, 0.2) is 5.65 Å². The first-order chi connectivity index (χ1) is 9.86. The minimum atomic E-state index is -0.105. The molecule has 0 saturated carbocycles. The van der Waals surface area contributed by atoms with Crippen LogP contribution in [0.2, 0.25) is 0 Å². The molecule has 0 fully saturated rings. The minimum Gasteiger partial charge on any atom is -0.376 e. The molecule has 5 heteroatoms. The molecule has 1 aliphatic heterocycles. The summed E-state index contributed by atoms with van der Waals surface area (Å²) >= 11 is 0. The number of ether oxygens (including phenoxy) is 1. The number of hydrogen-bond donors (Lipinski definition) is 1. The van der Waals surface area contributed by atoms with E-state index < -0.39 is 0 Å². The van der Waals surface area contributed by atoms with E-state index >= 15 is 0 Å². The van der Waals surface area contributed by atoms with Crippen LogP contribution in [0.15, 0.2) is 41.5 Å². The van der Waals surface area contributed by atoms with Gasteiger partial charge < -0.3 is 9.72 Å². The summed E-state index contributed by atoms with van der Waals surface area (Å²) in [7, 11) is 0. The first-order valence-corrected chi connectivity index (χ1v) is 6.59. The van der Waals surface area contributed by atoms with Gasteiger partial charge in [0.2, 0.25) is 0 Å². The molecule has 0 saturated heterocycles. The molecular formula is C15H13N3O2. The van der Waals surface area contributed by atoms with Gasteiger partial charge in [-0.25, -0.2) is 4.98 Å². The maximum atomic E-state index is 12.1. The summed E-state index contributed by atoms with van der Waals surface area (Å²) < 4.78 is 7.59. The lowest BCUT2D eigenvalue weighted by molar-refractivity contribution is 0.110. The summed E-state index contributed by atoms with van der Waals surface area (Å²) in [6, 6.07) is 10.0. The zero-order chi connectivity index (χ0) is 13.5. The molecule has 100 valence electrons.